The molecule has 0 saturated carbocycles. The van der Waals surface area contributed by atoms with Gasteiger partial charge < -0.3 is 14.4 Å². The molecule has 0 atom stereocenters. The van der Waals surface area contributed by atoms with Crippen molar-refractivity contribution in [1.29, 1.82) is 0 Å². The van der Waals surface area contributed by atoms with Crippen LogP contribution in [0.4, 0.5) is 0 Å². The van der Waals surface area contributed by atoms with E-state index in [2.05, 4.69) is 6.92 Å². The van der Waals surface area contributed by atoms with Crippen molar-refractivity contribution in [2.45, 2.75) is 33.2 Å². The van der Waals surface area contributed by atoms with Crippen molar-refractivity contribution in [3.63, 3.8) is 0 Å². The van der Waals surface area contributed by atoms with Crippen molar-refractivity contribution < 1.29 is 14.3 Å². The second-order valence-corrected chi connectivity index (χ2v) is 6.91. The molecule has 1 amide bonds. The molecule has 0 fully saturated rings. The third kappa shape index (κ3) is 5.92. The molecule has 2 rings (SSSR count). The van der Waals surface area contributed by atoms with Crippen LogP contribution in [0.5, 0.6) is 11.5 Å². The maximum Gasteiger partial charge on any atom is 0.246 e. The molecule has 1 aromatic carbocycles. The fraction of sp³-hybridized carbons (Fsp3) is 0.381. The summed E-state index contributed by atoms with van der Waals surface area (Å²) in [6.07, 6.45) is 5.53. The minimum absolute atomic E-state index is 0.00291. The highest BCUT2D eigenvalue weighted by atomic mass is 32.1. The lowest BCUT2D eigenvalue weighted by atomic mass is 10.2. The van der Waals surface area contributed by atoms with Crippen LogP contribution in [0.2, 0.25) is 0 Å². The number of benzene rings is 1. The molecule has 0 aliphatic heterocycles. The van der Waals surface area contributed by atoms with Crippen LogP contribution < -0.4 is 9.47 Å². The van der Waals surface area contributed by atoms with Gasteiger partial charge >= 0.3 is 0 Å². The van der Waals surface area contributed by atoms with Gasteiger partial charge in [-0.2, -0.15) is 0 Å². The van der Waals surface area contributed by atoms with E-state index in [1.54, 1.807) is 24.5 Å². The van der Waals surface area contributed by atoms with E-state index in [0.29, 0.717) is 25.4 Å². The highest BCUT2D eigenvalue weighted by molar-refractivity contribution is 7.09. The van der Waals surface area contributed by atoms with Gasteiger partial charge in [0.15, 0.2) is 11.5 Å². The minimum Gasteiger partial charge on any atom is -0.493 e. The van der Waals surface area contributed by atoms with Crippen molar-refractivity contribution in [1.82, 2.24) is 4.90 Å². The van der Waals surface area contributed by atoms with Gasteiger partial charge in [-0.15, -0.1) is 11.3 Å². The van der Waals surface area contributed by atoms with Gasteiger partial charge in [-0.1, -0.05) is 25.5 Å². The van der Waals surface area contributed by atoms with Crippen LogP contribution in [0.1, 0.15) is 37.1 Å². The Morgan fingerprint density at radius 3 is 2.73 bits per heavy atom. The fourth-order valence-corrected chi connectivity index (χ4v) is 3.16. The van der Waals surface area contributed by atoms with Crippen molar-refractivity contribution in [2.24, 2.45) is 0 Å². The molecule has 0 aliphatic carbocycles. The summed E-state index contributed by atoms with van der Waals surface area (Å²) < 4.78 is 11.1. The van der Waals surface area contributed by atoms with E-state index in [-0.39, 0.29) is 5.91 Å². The molecule has 0 aliphatic rings. The van der Waals surface area contributed by atoms with Crippen molar-refractivity contribution in [3.05, 3.63) is 52.2 Å². The number of carbonyl (C=O) groups excluding carboxylic acids is 1. The van der Waals surface area contributed by atoms with E-state index in [1.807, 2.05) is 53.6 Å². The lowest BCUT2D eigenvalue weighted by molar-refractivity contribution is -0.126. The molecule has 0 radical (unpaired) electrons. The maximum absolute atomic E-state index is 12.5. The van der Waals surface area contributed by atoms with Crippen molar-refractivity contribution in [3.8, 4) is 11.5 Å². The number of carbonyl (C=O) groups is 1. The molecule has 140 valence electrons. The summed E-state index contributed by atoms with van der Waals surface area (Å²) in [7, 11) is 1.63. The van der Waals surface area contributed by atoms with Crippen molar-refractivity contribution in [2.75, 3.05) is 20.3 Å². The number of hydrogen-bond acceptors (Lipinski definition) is 4. The van der Waals surface area contributed by atoms with Crippen LogP contribution in [0, 0.1) is 0 Å². The van der Waals surface area contributed by atoms with Gasteiger partial charge in [0.1, 0.15) is 0 Å². The van der Waals surface area contributed by atoms with Gasteiger partial charge in [0.05, 0.1) is 20.3 Å². The van der Waals surface area contributed by atoms with Gasteiger partial charge in [0.2, 0.25) is 5.91 Å². The van der Waals surface area contributed by atoms with Crippen LogP contribution in [0.25, 0.3) is 6.08 Å². The average Bonchev–Trinajstić information content (AvgIpc) is 3.18. The van der Waals surface area contributed by atoms with Crippen LogP contribution in [-0.4, -0.2) is 31.1 Å². The van der Waals surface area contributed by atoms with E-state index in [4.69, 9.17) is 9.47 Å². The number of hydrogen-bond donors (Lipinski definition) is 0. The van der Waals surface area contributed by atoms with E-state index in [1.165, 1.54) is 4.88 Å². The molecule has 5 heteroatoms. The first-order valence-corrected chi connectivity index (χ1v) is 9.86. The van der Waals surface area contributed by atoms with E-state index >= 15 is 0 Å². The summed E-state index contributed by atoms with van der Waals surface area (Å²) in [5, 5.41) is 2.03. The molecule has 0 unspecified atom stereocenters. The summed E-state index contributed by atoms with van der Waals surface area (Å²) >= 11 is 1.66. The van der Waals surface area contributed by atoms with Crippen LogP contribution in [0.3, 0.4) is 0 Å². The van der Waals surface area contributed by atoms with E-state index in [9.17, 15) is 4.79 Å². The number of amides is 1. The Morgan fingerprint density at radius 1 is 1.23 bits per heavy atom. The number of ether oxygens (including phenoxy) is 2. The zero-order valence-corrected chi connectivity index (χ0v) is 16.6. The Morgan fingerprint density at radius 2 is 2.08 bits per heavy atom. The fourth-order valence-electron chi connectivity index (χ4n) is 2.44. The predicted molar refractivity (Wildman–Crippen MR) is 108 cm³/mol. The van der Waals surface area contributed by atoms with Gasteiger partial charge in [-0.05, 0) is 48.6 Å². The van der Waals surface area contributed by atoms with Crippen LogP contribution in [0.15, 0.2) is 41.8 Å². The summed E-state index contributed by atoms with van der Waals surface area (Å²) in [6.45, 7) is 6.11. The van der Waals surface area contributed by atoms with Gasteiger partial charge in [0.25, 0.3) is 0 Å². The number of nitrogens with zero attached hydrogens (tertiary/aromatic N) is 1. The van der Waals surface area contributed by atoms with E-state index < -0.39 is 0 Å². The Hall–Kier alpha value is -2.27. The Kier molecular flexibility index (Phi) is 8.22. The zero-order chi connectivity index (χ0) is 18.8. The van der Waals surface area contributed by atoms with Gasteiger partial charge in [-0.3, -0.25) is 4.79 Å². The smallest absolute Gasteiger partial charge is 0.246 e. The molecule has 1 heterocycles. The Bertz CT molecular complexity index is 710. The van der Waals surface area contributed by atoms with Crippen molar-refractivity contribution >= 4 is 23.3 Å². The zero-order valence-electron chi connectivity index (χ0n) is 15.7. The molecule has 0 saturated heterocycles. The SMILES string of the molecule is CCCCOc1ccc(/C=C/C(=O)N(CC)Cc2cccs2)cc1OC. The number of rotatable bonds is 10. The highest BCUT2D eigenvalue weighted by Crippen LogP contribution is 2.28. The lowest BCUT2D eigenvalue weighted by Gasteiger charge is -2.18. The summed E-state index contributed by atoms with van der Waals surface area (Å²) in [4.78, 5) is 15.5. The Balaban J connectivity index is 2.02. The third-order valence-corrected chi connectivity index (χ3v) is 4.84. The molecule has 0 bridgehead atoms. The first kappa shape index (κ1) is 20.0. The highest BCUT2D eigenvalue weighted by Gasteiger charge is 2.10. The molecule has 0 N–H and O–H groups in total. The topological polar surface area (TPSA) is 38.8 Å². The number of thiophene rings is 1. The quantitative estimate of drug-likeness (QED) is 0.435. The van der Waals surface area contributed by atoms with Crippen LogP contribution in [-0.2, 0) is 11.3 Å². The molecule has 2 aromatic rings. The van der Waals surface area contributed by atoms with Crippen LogP contribution >= 0.6 is 11.3 Å². The van der Waals surface area contributed by atoms with Gasteiger partial charge in [0, 0.05) is 17.5 Å². The summed E-state index contributed by atoms with van der Waals surface area (Å²) in [5.41, 5.74) is 0.908. The molecule has 26 heavy (non-hydrogen) atoms. The molecule has 0 spiro atoms. The first-order valence-electron chi connectivity index (χ1n) is 8.98. The molecular formula is C21H27NO3S. The Labute approximate surface area is 160 Å². The number of methoxy groups -OCH3 is 1. The second kappa shape index (κ2) is 10.7. The third-order valence-electron chi connectivity index (χ3n) is 3.98. The number of likely N-dealkylation sites (N-methyl/N-ethyl adjacent to an activating group) is 1. The van der Waals surface area contributed by atoms with Gasteiger partial charge in [-0.25, -0.2) is 0 Å². The molecule has 4 nitrogen and oxygen atoms in total. The molecular weight excluding hydrogens is 346 g/mol. The normalized spacial score (nSPS) is 10.9. The first-order chi connectivity index (χ1) is 12.7. The molecule has 1 aromatic heterocycles. The minimum atomic E-state index is 0.00291. The maximum atomic E-state index is 12.5. The lowest BCUT2D eigenvalue weighted by Crippen LogP contribution is -2.28. The second-order valence-electron chi connectivity index (χ2n) is 5.88. The van der Waals surface area contributed by atoms with E-state index in [0.717, 1.165) is 24.2 Å². The monoisotopic (exact) mass is 373 g/mol. The summed E-state index contributed by atoms with van der Waals surface area (Å²) in [5.74, 6) is 1.42. The average molecular weight is 374 g/mol. The standard InChI is InChI=1S/C21H27NO3S/c1-4-6-13-25-19-11-9-17(15-20(19)24-3)10-12-21(23)22(5-2)16-18-8-7-14-26-18/h7-12,14-15H,4-6,13,16H2,1-3H3/b12-10+. The summed E-state index contributed by atoms with van der Waals surface area (Å²) in [6, 6.07) is 9.77. The predicted octanol–water partition coefficient (Wildman–Crippen LogP) is 5.00. The largest absolute Gasteiger partial charge is 0.493 e. The number of unbranched alkanes of at least 4 members (excludes halogenated alkanes) is 1.